The van der Waals surface area contributed by atoms with Crippen molar-refractivity contribution in [3.63, 3.8) is 0 Å². The number of likely N-dealkylation sites (N-methyl/N-ethyl adjacent to an activating group) is 1. The number of anilines is 1. The maximum Gasteiger partial charge on any atom is 0.129 e. The molecule has 0 aromatic carbocycles. The van der Waals surface area contributed by atoms with E-state index in [1.165, 1.54) is 5.56 Å². The van der Waals surface area contributed by atoms with Gasteiger partial charge in [-0.1, -0.05) is 20.8 Å². The van der Waals surface area contributed by atoms with Gasteiger partial charge in [-0.25, -0.2) is 4.98 Å². The summed E-state index contributed by atoms with van der Waals surface area (Å²) in [5.41, 5.74) is 2.47. The molecule has 4 heteroatoms. The quantitative estimate of drug-likeness (QED) is 0.672. The highest BCUT2D eigenvalue weighted by Gasteiger charge is 2.11. The molecule has 0 aliphatic heterocycles. The van der Waals surface area contributed by atoms with Gasteiger partial charge in [0, 0.05) is 31.9 Å². The van der Waals surface area contributed by atoms with Crippen molar-refractivity contribution in [2.45, 2.75) is 47.1 Å². The van der Waals surface area contributed by atoms with E-state index in [4.69, 9.17) is 9.72 Å². The average Bonchev–Trinajstić information content (AvgIpc) is 2.49. The lowest BCUT2D eigenvalue weighted by molar-refractivity contribution is 0.154. The molecule has 0 bridgehead atoms. The largest absolute Gasteiger partial charge is 0.380 e. The van der Waals surface area contributed by atoms with Crippen molar-refractivity contribution in [3.8, 4) is 0 Å². The molecule has 0 amide bonds. The van der Waals surface area contributed by atoms with Crippen molar-refractivity contribution in [1.82, 2.24) is 10.3 Å². The number of aromatic nitrogens is 1. The first-order valence-electron chi connectivity index (χ1n) is 8.16. The van der Waals surface area contributed by atoms with Gasteiger partial charge in [0.2, 0.25) is 0 Å². The molecule has 0 fully saturated rings. The Labute approximate surface area is 129 Å². The number of pyridine rings is 1. The standard InChI is InChI=1S/C17H31N3O/c1-6-18-13-15-11-16(14(4)5)19-17(12-15)20(7-2)9-10-21-8-3/h11-12,14,18H,6-10,13H2,1-5H3. The van der Waals surface area contributed by atoms with E-state index in [2.05, 4.69) is 50.0 Å². The van der Waals surface area contributed by atoms with Gasteiger partial charge < -0.3 is 15.0 Å². The van der Waals surface area contributed by atoms with Crippen LogP contribution in [0.5, 0.6) is 0 Å². The Morgan fingerprint density at radius 3 is 2.57 bits per heavy atom. The van der Waals surface area contributed by atoms with Gasteiger partial charge in [-0.05, 0) is 44.0 Å². The molecule has 0 saturated carbocycles. The lowest BCUT2D eigenvalue weighted by atomic mass is 10.1. The van der Waals surface area contributed by atoms with Crippen molar-refractivity contribution >= 4 is 5.82 Å². The van der Waals surface area contributed by atoms with E-state index in [0.29, 0.717) is 5.92 Å². The van der Waals surface area contributed by atoms with Gasteiger partial charge in [0.05, 0.1) is 6.61 Å². The van der Waals surface area contributed by atoms with E-state index in [0.717, 1.165) is 50.9 Å². The topological polar surface area (TPSA) is 37.4 Å². The lowest BCUT2D eigenvalue weighted by Crippen LogP contribution is -2.28. The number of ether oxygens (including phenoxy) is 1. The minimum absolute atomic E-state index is 0.441. The minimum Gasteiger partial charge on any atom is -0.380 e. The van der Waals surface area contributed by atoms with Gasteiger partial charge in [0.15, 0.2) is 0 Å². The van der Waals surface area contributed by atoms with E-state index in [9.17, 15) is 0 Å². The van der Waals surface area contributed by atoms with Crippen LogP contribution in [0.3, 0.4) is 0 Å². The first-order valence-corrected chi connectivity index (χ1v) is 8.16. The van der Waals surface area contributed by atoms with Crippen LogP contribution < -0.4 is 10.2 Å². The molecule has 0 saturated heterocycles. The van der Waals surface area contributed by atoms with Crippen molar-refractivity contribution in [2.24, 2.45) is 0 Å². The van der Waals surface area contributed by atoms with Gasteiger partial charge >= 0.3 is 0 Å². The van der Waals surface area contributed by atoms with Crippen molar-refractivity contribution < 1.29 is 4.74 Å². The summed E-state index contributed by atoms with van der Waals surface area (Å²) in [6.45, 7) is 15.9. The van der Waals surface area contributed by atoms with Crippen LogP contribution in [0.2, 0.25) is 0 Å². The Bertz CT molecular complexity index is 407. The second-order valence-corrected chi connectivity index (χ2v) is 5.47. The fourth-order valence-electron chi connectivity index (χ4n) is 2.18. The van der Waals surface area contributed by atoms with Gasteiger partial charge in [-0.2, -0.15) is 0 Å². The summed E-state index contributed by atoms with van der Waals surface area (Å²) in [5, 5.41) is 3.40. The van der Waals surface area contributed by atoms with E-state index >= 15 is 0 Å². The second kappa shape index (κ2) is 9.74. The third-order valence-corrected chi connectivity index (χ3v) is 3.48. The maximum atomic E-state index is 5.48. The molecule has 0 spiro atoms. The molecule has 0 atom stereocenters. The monoisotopic (exact) mass is 293 g/mol. The zero-order valence-electron chi connectivity index (χ0n) is 14.3. The maximum absolute atomic E-state index is 5.48. The number of hydrogen-bond donors (Lipinski definition) is 1. The van der Waals surface area contributed by atoms with Crippen LogP contribution in [0.1, 0.15) is 51.8 Å². The molecular weight excluding hydrogens is 262 g/mol. The molecule has 1 heterocycles. The Balaban J connectivity index is 2.93. The van der Waals surface area contributed by atoms with Crippen LogP contribution in [0.25, 0.3) is 0 Å². The summed E-state index contributed by atoms with van der Waals surface area (Å²) in [6, 6.07) is 4.41. The highest BCUT2D eigenvalue weighted by Crippen LogP contribution is 2.20. The molecule has 120 valence electrons. The van der Waals surface area contributed by atoms with Crippen LogP contribution in [0, 0.1) is 0 Å². The number of nitrogens with zero attached hydrogens (tertiary/aromatic N) is 2. The summed E-state index contributed by atoms with van der Waals surface area (Å²) in [5.74, 6) is 1.51. The molecule has 0 radical (unpaired) electrons. The number of nitrogens with one attached hydrogen (secondary N) is 1. The van der Waals surface area contributed by atoms with Crippen LogP contribution in [-0.2, 0) is 11.3 Å². The second-order valence-electron chi connectivity index (χ2n) is 5.47. The number of hydrogen-bond acceptors (Lipinski definition) is 4. The zero-order valence-corrected chi connectivity index (χ0v) is 14.3. The van der Waals surface area contributed by atoms with Gasteiger partial charge in [0.1, 0.15) is 5.82 Å². The highest BCUT2D eigenvalue weighted by atomic mass is 16.5. The highest BCUT2D eigenvalue weighted by molar-refractivity contribution is 5.43. The number of rotatable bonds is 10. The first-order chi connectivity index (χ1) is 10.1. The summed E-state index contributed by atoms with van der Waals surface area (Å²) in [7, 11) is 0. The average molecular weight is 293 g/mol. The normalized spacial score (nSPS) is 11.1. The summed E-state index contributed by atoms with van der Waals surface area (Å²) < 4.78 is 5.48. The van der Waals surface area contributed by atoms with Crippen LogP contribution >= 0.6 is 0 Å². The lowest BCUT2D eigenvalue weighted by Gasteiger charge is -2.24. The molecule has 0 unspecified atom stereocenters. The fourth-order valence-corrected chi connectivity index (χ4v) is 2.18. The Morgan fingerprint density at radius 2 is 2.00 bits per heavy atom. The Morgan fingerprint density at radius 1 is 1.24 bits per heavy atom. The van der Waals surface area contributed by atoms with Crippen molar-refractivity contribution in [1.29, 1.82) is 0 Å². The molecule has 0 aliphatic carbocycles. The molecule has 1 aromatic rings. The van der Waals surface area contributed by atoms with Gasteiger partial charge in [-0.15, -0.1) is 0 Å². The van der Waals surface area contributed by atoms with Gasteiger partial charge in [-0.3, -0.25) is 0 Å². The van der Waals surface area contributed by atoms with E-state index in [1.54, 1.807) is 0 Å². The fraction of sp³-hybridized carbons (Fsp3) is 0.706. The molecule has 1 aromatic heterocycles. The zero-order chi connectivity index (χ0) is 15.7. The van der Waals surface area contributed by atoms with Crippen LogP contribution in [-0.4, -0.2) is 37.8 Å². The van der Waals surface area contributed by atoms with Crippen molar-refractivity contribution in [2.75, 3.05) is 37.7 Å². The summed E-state index contributed by atoms with van der Waals surface area (Å²) in [6.07, 6.45) is 0. The summed E-state index contributed by atoms with van der Waals surface area (Å²) in [4.78, 5) is 7.12. The summed E-state index contributed by atoms with van der Waals surface area (Å²) >= 11 is 0. The Kier molecular flexibility index (Phi) is 8.31. The van der Waals surface area contributed by atoms with Crippen LogP contribution in [0.15, 0.2) is 12.1 Å². The SMILES string of the molecule is CCNCc1cc(C(C)C)nc(N(CC)CCOCC)c1. The first kappa shape index (κ1) is 17.9. The Hall–Kier alpha value is -1.13. The minimum atomic E-state index is 0.441. The molecular formula is C17H31N3O. The molecule has 1 rings (SSSR count). The smallest absolute Gasteiger partial charge is 0.129 e. The molecule has 1 N–H and O–H groups in total. The molecule has 0 aliphatic rings. The van der Waals surface area contributed by atoms with Crippen molar-refractivity contribution in [3.05, 3.63) is 23.4 Å². The van der Waals surface area contributed by atoms with E-state index in [1.807, 2.05) is 6.92 Å². The van der Waals surface area contributed by atoms with E-state index < -0.39 is 0 Å². The predicted octanol–water partition coefficient (Wildman–Crippen LogP) is 3.18. The third kappa shape index (κ3) is 6.02. The predicted molar refractivity (Wildman–Crippen MR) is 90.1 cm³/mol. The van der Waals surface area contributed by atoms with Gasteiger partial charge in [0.25, 0.3) is 0 Å². The van der Waals surface area contributed by atoms with Crippen LogP contribution in [0.4, 0.5) is 5.82 Å². The molecule has 21 heavy (non-hydrogen) atoms. The molecule has 4 nitrogen and oxygen atoms in total. The van der Waals surface area contributed by atoms with E-state index in [-0.39, 0.29) is 0 Å². The third-order valence-electron chi connectivity index (χ3n) is 3.48.